The molecule has 0 aromatic rings. The van der Waals surface area contributed by atoms with Gasteiger partial charge in [0, 0.05) is 15.9 Å². The molecule has 3 saturated carbocycles. The first-order valence-corrected chi connectivity index (χ1v) is 14.2. The summed E-state index contributed by atoms with van der Waals surface area (Å²) in [7, 11) is 0. The van der Waals surface area contributed by atoms with Crippen LogP contribution in [0.15, 0.2) is 23.3 Å². The van der Waals surface area contributed by atoms with Gasteiger partial charge in [0.15, 0.2) is 17.2 Å². The molecule has 0 radical (unpaired) electrons. The van der Waals surface area contributed by atoms with E-state index in [9.17, 15) is 24.6 Å². The Kier molecular flexibility index (Phi) is 5.82. The summed E-state index contributed by atoms with van der Waals surface area (Å²) in [6.45, 7) is 9.61. The fourth-order valence-corrected chi connectivity index (χ4v) is 10.5. The maximum atomic E-state index is 13.3. The van der Waals surface area contributed by atoms with Crippen LogP contribution in [0.1, 0.15) is 73.1 Å². The molecule has 35 heavy (non-hydrogen) atoms. The number of carbonyl (C=O) groups excluding carboxylic acids is 3. The molecule has 10 atom stereocenters. The third kappa shape index (κ3) is 3.16. The van der Waals surface area contributed by atoms with Gasteiger partial charge in [0.2, 0.25) is 0 Å². The van der Waals surface area contributed by atoms with E-state index in [-0.39, 0.29) is 50.5 Å². The quantitative estimate of drug-likeness (QED) is 0.283. The Bertz CT molecular complexity index is 1060. The number of alkyl halides is 1. The van der Waals surface area contributed by atoms with E-state index in [2.05, 4.69) is 29.5 Å². The molecule has 0 saturated heterocycles. The van der Waals surface area contributed by atoms with Gasteiger partial charge in [0.1, 0.15) is 11.7 Å². The van der Waals surface area contributed by atoms with Gasteiger partial charge in [-0.15, -0.1) is 0 Å². The normalized spacial score (nSPS) is 49.2. The first kappa shape index (κ1) is 25.6. The number of carbonyl (C=O) groups is 3. The highest BCUT2D eigenvalue weighted by atomic mass is 127. The molecule has 5 aliphatic rings. The Morgan fingerprint density at radius 1 is 1.06 bits per heavy atom. The van der Waals surface area contributed by atoms with E-state index in [0.717, 1.165) is 31.3 Å². The van der Waals surface area contributed by atoms with Gasteiger partial charge in [-0.05, 0) is 101 Å². The number of fused-ring (bicyclic) bond motifs is 5. The monoisotopic (exact) mass is 596 g/mol. The Morgan fingerprint density at radius 2 is 1.71 bits per heavy atom. The van der Waals surface area contributed by atoms with Gasteiger partial charge in [0.05, 0.1) is 5.41 Å². The largest absolute Gasteiger partial charge is 0.456 e. The van der Waals surface area contributed by atoms with E-state index in [1.165, 1.54) is 12.2 Å². The topological polar surface area (TPSA) is 101 Å². The van der Waals surface area contributed by atoms with Gasteiger partial charge in [-0.1, -0.05) is 35.1 Å². The number of rotatable bonds is 2. The highest BCUT2D eigenvalue weighted by Crippen LogP contribution is 2.69. The molecule has 3 fully saturated rings. The standard InChI is InChI=1S/C28H37IO6/c1-14-12-23(35-24(32)15(14)2)27(5,33)19-7-6-17-16-13-20(29)28(34)22(31)9-8-21(30)26(28,4)18(16)10-11-25(17,19)3/h8-9,16-20,23,33-34H,6-7,10-13H2,1-5H3/t16-,17-,18-,19-,20-,23+,25-,26-,27+,28-/m0/s1. The molecule has 1 heterocycles. The van der Waals surface area contributed by atoms with Crippen LogP contribution in [0.3, 0.4) is 0 Å². The fourth-order valence-electron chi connectivity index (χ4n) is 8.96. The van der Waals surface area contributed by atoms with Crippen molar-refractivity contribution in [3.8, 4) is 0 Å². The number of ketones is 2. The summed E-state index contributed by atoms with van der Waals surface area (Å²) in [6, 6.07) is 0. The van der Waals surface area contributed by atoms with Crippen LogP contribution >= 0.6 is 22.6 Å². The zero-order valence-corrected chi connectivity index (χ0v) is 23.4. The summed E-state index contributed by atoms with van der Waals surface area (Å²) in [5, 5.41) is 23.6. The van der Waals surface area contributed by atoms with Gasteiger partial charge in [-0.2, -0.15) is 0 Å². The molecular formula is C28H37IO6. The Labute approximate surface area is 221 Å². The van der Waals surface area contributed by atoms with Crippen molar-refractivity contribution in [3.63, 3.8) is 0 Å². The lowest BCUT2D eigenvalue weighted by molar-refractivity contribution is -0.199. The third-order valence-corrected chi connectivity index (χ3v) is 12.6. The molecule has 192 valence electrons. The maximum absolute atomic E-state index is 13.3. The fraction of sp³-hybridized carbons (Fsp3) is 0.750. The molecule has 6 nitrogen and oxygen atoms in total. The van der Waals surface area contributed by atoms with Crippen LogP contribution in [0.25, 0.3) is 0 Å². The summed E-state index contributed by atoms with van der Waals surface area (Å²) in [5.41, 5.74) is -2.55. The smallest absolute Gasteiger partial charge is 0.334 e. The predicted octanol–water partition coefficient (Wildman–Crippen LogP) is 4.10. The van der Waals surface area contributed by atoms with Gasteiger partial charge in [-0.25, -0.2) is 4.79 Å². The number of hydrogen-bond donors (Lipinski definition) is 2. The minimum Gasteiger partial charge on any atom is -0.456 e. The zero-order chi connectivity index (χ0) is 25.7. The molecule has 0 bridgehead atoms. The first-order chi connectivity index (χ1) is 16.2. The van der Waals surface area contributed by atoms with Crippen molar-refractivity contribution in [3.05, 3.63) is 23.3 Å². The van der Waals surface area contributed by atoms with Crippen molar-refractivity contribution >= 4 is 40.1 Å². The lowest BCUT2D eigenvalue weighted by Crippen LogP contribution is -2.71. The number of halogens is 1. The number of esters is 1. The second kappa shape index (κ2) is 7.97. The zero-order valence-electron chi connectivity index (χ0n) is 21.3. The van der Waals surface area contributed by atoms with E-state index in [0.29, 0.717) is 18.4 Å². The van der Waals surface area contributed by atoms with E-state index in [1.54, 1.807) is 6.92 Å². The minimum atomic E-state index is -1.67. The van der Waals surface area contributed by atoms with E-state index in [4.69, 9.17) is 4.74 Å². The van der Waals surface area contributed by atoms with Crippen LogP contribution in [0.5, 0.6) is 0 Å². The van der Waals surface area contributed by atoms with Crippen molar-refractivity contribution in [2.24, 2.45) is 34.5 Å². The Morgan fingerprint density at radius 3 is 2.37 bits per heavy atom. The molecule has 1 aliphatic heterocycles. The highest BCUT2D eigenvalue weighted by Gasteiger charge is 2.72. The van der Waals surface area contributed by atoms with Crippen LogP contribution in [0.4, 0.5) is 0 Å². The highest BCUT2D eigenvalue weighted by molar-refractivity contribution is 14.1. The van der Waals surface area contributed by atoms with Gasteiger partial charge < -0.3 is 14.9 Å². The van der Waals surface area contributed by atoms with Gasteiger partial charge >= 0.3 is 5.97 Å². The van der Waals surface area contributed by atoms with E-state index < -0.39 is 22.7 Å². The SMILES string of the molecule is CC1=C(C)C(=O)O[C@@H]([C@](C)(O)[C@H]2CC[C@H]3[C@@H]4C[C@H](I)[C@]5(O)C(=O)C=CC(=O)[C@]5(C)[C@H]4CC[C@]23C)C1. The average Bonchev–Trinajstić information content (AvgIpc) is 3.16. The second-order valence-electron chi connectivity index (χ2n) is 12.5. The molecule has 0 unspecified atom stereocenters. The van der Waals surface area contributed by atoms with Crippen molar-refractivity contribution in [2.45, 2.75) is 94.4 Å². The number of aliphatic hydroxyl groups is 2. The number of allylic oxidation sites excluding steroid dienone is 1. The molecule has 0 spiro atoms. The van der Waals surface area contributed by atoms with Gasteiger partial charge in [-0.3, -0.25) is 9.59 Å². The first-order valence-electron chi connectivity index (χ1n) is 12.9. The van der Waals surface area contributed by atoms with Crippen molar-refractivity contribution < 1.29 is 29.3 Å². The summed E-state index contributed by atoms with van der Waals surface area (Å²) in [6.07, 6.45) is 6.54. The van der Waals surface area contributed by atoms with E-state index >= 15 is 0 Å². The summed E-state index contributed by atoms with van der Waals surface area (Å²) in [5.74, 6) is -0.519. The van der Waals surface area contributed by atoms with Gasteiger partial charge in [0.25, 0.3) is 0 Å². The molecular weight excluding hydrogens is 559 g/mol. The van der Waals surface area contributed by atoms with Crippen LogP contribution in [0.2, 0.25) is 0 Å². The summed E-state index contributed by atoms with van der Waals surface area (Å²) in [4.78, 5) is 38.7. The van der Waals surface area contributed by atoms with Crippen molar-refractivity contribution in [2.75, 3.05) is 0 Å². The average molecular weight is 597 g/mol. The Balaban J connectivity index is 1.48. The third-order valence-electron chi connectivity index (χ3n) is 11.2. The number of ether oxygens (including phenoxy) is 1. The molecule has 0 aromatic heterocycles. The maximum Gasteiger partial charge on any atom is 0.334 e. The van der Waals surface area contributed by atoms with Crippen LogP contribution in [-0.2, 0) is 19.1 Å². The van der Waals surface area contributed by atoms with E-state index in [1.807, 2.05) is 20.8 Å². The molecule has 4 aliphatic carbocycles. The number of hydrogen-bond acceptors (Lipinski definition) is 6. The molecule has 7 heteroatoms. The predicted molar refractivity (Wildman–Crippen MR) is 139 cm³/mol. The summed E-state index contributed by atoms with van der Waals surface area (Å²) < 4.78 is 5.39. The summed E-state index contributed by atoms with van der Waals surface area (Å²) >= 11 is 2.18. The molecule has 0 amide bonds. The number of cyclic esters (lactones) is 1. The van der Waals surface area contributed by atoms with Crippen LogP contribution in [-0.4, -0.2) is 49.0 Å². The van der Waals surface area contributed by atoms with Crippen molar-refractivity contribution in [1.82, 2.24) is 0 Å². The molecule has 5 rings (SSSR count). The van der Waals surface area contributed by atoms with Crippen LogP contribution in [0, 0.1) is 34.5 Å². The Hall–Kier alpha value is -1.06. The van der Waals surface area contributed by atoms with Crippen LogP contribution < -0.4 is 0 Å². The second-order valence-corrected chi connectivity index (χ2v) is 14.0. The molecule has 2 N–H and O–H groups in total. The molecule has 0 aromatic carbocycles. The lowest BCUT2D eigenvalue weighted by atomic mass is 9.43. The minimum absolute atomic E-state index is 0.0465. The lowest BCUT2D eigenvalue weighted by Gasteiger charge is -2.62. The van der Waals surface area contributed by atoms with Crippen molar-refractivity contribution in [1.29, 1.82) is 0 Å².